The summed E-state index contributed by atoms with van der Waals surface area (Å²) in [4.78, 5) is 12.0. The molecule has 2 unspecified atom stereocenters. The van der Waals surface area contributed by atoms with Crippen LogP contribution in [0.4, 0.5) is 0 Å². The van der Waals surface area contributed by atoms with E-state index in [-0.39, 0.29) is 5.97 Å². The molecule has 136 valence electrons. The first-order valence-electron chi connectivity index (χ1n) is 9.13. The molecule has 4 heteroatoms. The summed E-state index contributed by atoms with van der Waals surface area (Å²) in [6.45, 7) is 2.26. The zero-order valence-electron chi connectivity index (χ0n) is 14.9. The quantitative estimate of drug-likeness (QED) is 0.116. The molecule has 2 atom stereocenters. The Morgan fingerprint density at radius 2 is 1.35 bits per heavy atom. The van der Waals surface area contributed by atoms with Gasteiger partial charge in [0.05, 0.1) is 7.11 Å². The summed E-state index contributed by atoms with van der Waals surface area (Å²) in [6, 6.07) is 0. The lowest BCUT2D eigenvalue weighted by atomic mass is 10.1. The van der Waals surface area contributed by atoms with Crippen LogP contribution in [0.5, 0.6) is 0 Å². The van der Waals surface area contributed by atoms with E-state index in [0.29, 0.717) is 16.1 Å². The van der Waals surface area contributed by atoms with Gasteiger partial charge in [-0.25, -0.2) is 0 Å². The molecule has 0 aromatic rings. The Morgan fingerprint density at radius 3 is 1.83 bits per heavy atom. The van der Waals surface area contributed by atoms with Gasteiger partial charge in [-0.1, -0.05) is 102 Å². The van der Waals surface area contributed by atoms with Gasteiger partial charge in [0.25, 0.3) is 0 Å². The second kappa shape index (κ2) is 17.0. The summed E-state index contributed by atoms with van der Waals surface area (Å²) in [5.74, 6) is -0.0932. The minimum Gasteiger partial charge on any atom is -0.469 e. The molecule has 0 aliphatic rings. The van der Waals surface area contributed by atoms with Crippen LogP contribution in [0, 0.1) is 0 Å². The molecule has 0 N–H and O–H groups in total. The molecule has 0 aliphatic carbocycles. The second-order valence-corrected chi connectivity index (χ2v) is 8.50. The fraction of sp³-hybridized carbons (Fsp3) is 0.842. The van der Waals surface area contributed by atoms with Gasteiger partial charge in [-0.15, -0.1) is 0 Å². The second-order valence-electron chi connectivity index (χ2n) is 6.15. The van der Waals surface area contributed by atoms with Gasteiger partial charge in [0.2, 0.25) is 0 Å². The van der Waals surface area contributed by atoms with Crippen LogP contribution in [0.1, 0.15) is 84.0 Å². The smallest absolute Gasteiger partial charge is 0.305 e. The van der Waals surface area contributed by atoms with Crippen molar-refractivity contribution >= 4 is 37.8 Å². The number of rotatable bonds is 15. The van der Waals surface area contributed by atoms with Crippen LogP contribution >= 0.6 is 31.9 Å². The van der Waals surface area contributed by atoms with E-state index in [4.69, 9.17) is 0 Å². The molecular formula is C19H34Br2O2. The lowest BCUT2D eigenvalue weighted by Gasteiger charge is -2.07. The van der Waals surface area contributed by atoms with Gasteiger partial charge < -0.3 is 4.74 Å². The number of alkyl halides is 2. The molecule has 0 spiro atoms. The first kappa shape index (κ1) is 23.2. The summed E-state index contributed by atoms with van der Waals surface area (Å²) >= 11 is 7.48. The SMILES string of the molecule is CCCCCCCC(Br)/C=C\C(Br)CCCCCCC(=O)OC. The molecule has 0 saturated heterocycles. The van der Waals surface area contributed by atoms with Crippen LogP contribution in [-0.2, 0) is 9.53 Å². The summed E-state index contributed by atoms with van der Waals surface area (Å²) in [7, 11) is 1.45. The van der Waals surface area contributed by atoms with Gasteiger partial charge in [-0.05, 0) is 19.3 Å². The number of unbranched alkanes of at least 4 members (excludes halogenated alkanes) is 7. The number of carbonyl (C=O) groups is 1. The van der Waals surface area contributed by atoms with Crippen molar-refractivity contribution in [2.24, 2.45) is 0 Å². The average molecular weight is 454 g/mol. The Hall–Kier alpha value is 0.170. The van der Waals surface area contributed by atoms with Crippen molar-refractivity contribution in [2.45, 2.75) is 93.6 Å². The lowest BCUT2D eigenvalue weighted by molar-refractivity contribution is -0.140. The fourth-order valence-corrected chi connectivity index (χ4v) is 3.44. The van der Waals surface area contributed by atoms with Crippen LogP contribution in [0.15, 0.2) is 12.2 Å². The lowest BCUT2D eigenvalue weighted by Crippen LogP contribution is -1.99. The fourth-order valence-electron chi connectivity index (χ4n) is 2.44. The molecule has 0 aromatic heterocycles. The van der Waals surface area contributed by atoms with E-state index >= 15 is 0 Å². The predicted octanol–water partition coefficient (Wildman–Crippen LogP) is 6.94. The van der Waals surface area contributed by atoms with Gasteiger partial charge in [-0.2, -0.15) is 0 Å². The van der Waals surface area contributed by atoms with Crippen molar-refractivity contribution in [3.8, 4) is 0 Å². The van der Waals surface area contributed by atoms with Crippen molar-refractivity contribution in [3.63, 3.8) is 0 Å². The summed E-state index contributed by atoms with van der Waals surface area (Å²) in [5.41, 5.74) is 0. The van der Waals surface area contributed by atoms with Gasteiger partial charge >= 0.3 is 5.97 Å². The third kappa shape index (κ3) is 16.8. The summed E-state index contributed by atoms with van der Waals surface area (Å²) in [5, 5.41) is 0. The van der Waals surface area contributed by atoms with Crippen molar-refractivity contribution in [1.82, 2.24) is 0 Å². The maximum Gasteiger partial charge on any atom is 0.305 e. The first-order valence-corrected chi connectivity index (χ1v) is 11.0. The van der Waals surface area contributed by atoms with Crippen LogP contribution in [-0.4, -0.2) is 22.7 Å². The predicted molar refractivity (Wildman–Crippen MR) is 108 cm³/mol. The average Bonchev–Trinajstić information content (AvgIpc) is 2.55. The molecule has 0 saturated carbocycles. The third-order valence-electron chi connectivity index (χ3n) is 3.95. The Balaban J connectivity index is 3.52. The highest BCUT2D eigenvalue weighted by atomic mass is 79.9. The number of esters is 1. The van der Waals surface area contributed by atoms with Gasteiger partial charge in [0, 0.05) is 16.1 Å². The molecule has 0 bridgehead atoms. The number of ether oxygens (including phenoxy) is 1. The first-order chi connectivity index (χ1) is 11.1. The van der Waals surface area contributed by atoms with E-state index in [1.165, 1.54) is 58.5 Å². The van der Waals surface area contributed by atoms with Crippen molar-refractivity contribution < 1.29 is 9.53 Å². The number of hydrogen-bond acceptors (Lipinski definition) is 2. The monoisotopic (exact) mass is 452 g/mol. The zero-order valence-corrected chi connectivity index (χ0v) is 18.0. The molecule has 2 nitrogen and oxygen atoms in total. The molecule has 23 heavy (non-hydrogen) atoms. The Kier molecular flexibility index (Phi) is 17.1. The van der Waals surface area contributed by atoms with Crippen LogP contribution in [0.2, 0.25) is 0 Å². The Bertz CT molecular complexity index is 306. The van der Waals surface area contributed by atoms with Crippen molar-refractivity contribution in [3.05, 3.63) is 12.2 Å². The standard InChI is InChI=1S/C19H34Br2O2/c1-3-4-5-6-9-12-17(20)15-16-18(21)13-10-7-8-11-14-19(22)23-2/h15-18H,3-14H2,1-2H3/b16-15-. The number of allylic oxidation sites excluding steroid dienone is 2. The molecule has 0 aliphatic heterocycles. The summed E-state index contributed by atoms with van der Waals surface area (Å²) in [6.07, 6.45) is 18.7. The number of halogens is 2. The topological polar surface area (TPSA) is 26.3 Å². The molecule has 0 fully saturated rings. The highest BCUT2D eigenvalue weighted by Gasteiger charge is 2.04. The molecule has 0 rings (SSSR count). The van der Waals surface area contributed by atoms with Crippen LogP contribution in [0.3, 0.4) is 0 Å². The maximum atomic E-state index is 11.0. The third-order valence-corrected chi connectivity index (χ3v) is 5.48. The molecule has 0 amide bonds. The molecule has 0 heterocycles. The Labute approximate surface area is 160 Å². The van der Waals surface area contributed by atoms with Crippen LogP contribution in [0.25, 0.3) is 0 Å². The Morgan fingerprint density at radius 1 is 0.870 bits per heavy atom. The van der Waals surface area contributed by atoms with Crippen molar-refractivity contribution in [2.75, 3.05) is 7.11 Å². The minimum absolute atomic E-state index is 0.0932. The maximum absolute atomic E-state index is 11.0. The molecule has 0 aromatic carbocycles. The van der Waals surface area contributed by atoms with Gasteiger partial charge in [-0.3, -0.25) is 4.79 Å². The summed E-state index contributed by atoms with van der Waals surface area (Å²) < 4.78 is 4.64. The number of methoxy groups -OCH3 is 1. The highest BCUT2D eigenvalue weighted by molar-refractivity contribution is 9.10. The van der Waals surface area contributed by atoms with Crippen LogP contribution < -0.4 is 0 Å². The van der Waals surface area contributed by atoms with E-state index < -0.39 is 0 Å². The van der Waals surface area contributed by atoms with E-state index in [1.54, 1.807) is 0 Å². The van der Waals surface area contributed by atoms with E-state index in [2.05, 4.69) is 55.7 Å². The normalized spacial score (nSPS) is 14.1. The number of hydrogen-bond donors (Lipinski definition) is 0. The number of carbonyl (C=O) groups excluding carboxylic acids is 1. The minimum atomic E-state index is -0.0932. The van der Waals surface area contributed by atoms with Gasteiger partial charge in [0.15, 0.2) is 0 Å². The van der Waals surface area contributed by atoms with E-state index in [1.807, 2.05) is 0 Å². The highest BCUT2D eigenvalue weighted by Crippen LogP contribution is 2.18. The van der Waals surface area contributed by atoms with E-state index in [0.717, 1.165) is 19.3 Å². The van der Waals surface area contributed by atoms with E-state index in [9.17, 15) is 4.79 Å². The van der Waals surface area contributed by atoms with Gasteiger partial charge in [0.1, 0.15) is 0 Å². The zero-order chi connectivity index (χ0) is 17.3. The molecular weight excluding hydrogens is 420 g/mol. The van der Waals surface area contributed by atoms with Crippen molar-refractivity contribution in [1.29, 1.82) is 0 Å². The largest absolute Gasteiger partial charge is 0.469 e. The molecule has 0 radical (unpaired) electrons.